The maximum absolute atomic E-state index is 13.0. The summed E-state index contributed by atoms with van der Waals surface area (Å²) in [5.74, 6) is 0.916. The minimum absolute atomic E-state index is 0.265. The van der Waals surface area contributed by atoms with E-state index in [2.05, 4.69) is 15.2 Å². The molecule has 0 aliphatic heterocycles. The van der Waals surface area contributed by atoms with E-state index in [0.29, 0.717) is 33.6 Å². The summed E-state index contributed by atoms with van der Waals surface area (Å²) in [5.41, 5.74) is 6.26. The predicted molar refractivity (Wildman–Crippen MR) is 91.3 cm³/mol. The van der Waals surface area contributed by atoms with Crippen molar-refractivity contribution in [3.63, 3.8) is 0 Å². The van der Waals surface area contributed by atoms with E-state index in [1.165, 1.54) is 4.57 Å². The highest BCUT2D eigenvalue weighted by atomic mass is 35.5. The second kappa shape index (κ2) is 6.31. The summed E-state index contributed by atoms with van der Waals surface area (Å²) in [6.07, 6.45) is 3.10. The van der Waals surface area contributed by atoms with Gasteiger partial charge in [0, 0.05) is 6.07 Å². The molecule has 23 heavy (non-hydrogen) atoms. The average Bonchev–Trinajstić information content (AvgIpc) is 3.04. The van der Waals surface area contributed by atoms with Crippen LogP contribution in [0.3, 0.4) is 0 Å². The summed E-state index contributed by atoms with van der Waals surface area (Å²) in [6.45, 7) is 2.02. The van der Waals surface area contributed by atoms with E-state index in [9.17, 15) is 4.79 Å². The van der Waals surface area contributed by atoms with Crippen LogP contribution in [0, 0.1) is 0 Å². The van der Waals surface area contributed by atoms with Gasteiger partial charge < -0.3 is 5.73 Å². The van der Waals surface area contributed by atoms with Crippen LogP contribution in [0.15, 0.2) is 29.2 Å². The number of nitrogens with two attached hydrogens (primary N) is 1. The molecule has 120 valence electrons. The van der Waals surface area contributed by atoms with Crippen LogP contribution < -0.4 is 11.3 Å². The molecule has 3 rings (SSSR count). The van der Waals surface area contributed by atoms with Crippen molar-refractivity contribution in [2.45, 2.75) is 25.8 Å². The standard InChI is InChI=1S/C15H15Cl2N5O/c1-2-3-10(18)14-20-13-9(17)5-4-8(16)12(13)15(23)22(14)11-6-7-19-21-11/h4-7,10H,2-3,18H2,1H3,(H,19,21)/t10-/m0/s1. The molecule has 0 aliphatic rings. The quantitative estimate of drug-likeness (QED) is 0.754. The third-order valence-corrected chi connectivity index (χ3v) is 4.23. The number of hydrogen-bond acceptors (Lipinski definition) is 4. The number of aromatic nitrogens is 4. The molecule has 0 radical (unpaired) electrons. The van der Waals surface area contributed by atoms with Crippen molar-refractivity contribution in [3.8, 4) is 5.82 Å². The van der Waals surface area contributed by atoms with E-state index in [4.69, 9.17) is 28.9 Å². The molecule has 0 aliphatic carbocycles. The van der Waals surface area contributed by atoms with Crippen molar-refractivity contribution in [2.75, 3.05) is 0 Å². The molecular formula is C15H15Cl2N5O. The van der Waals surface area contributed by atoms with Crippen LogP contribution in [-0.4, -0.2) is 19.7 Å². The Morgan fingerprint density at radius 2 is 2.04 bits per heavy atom. The van der Waals surface area contributed by atoms with E-state index in [1.807, 2.05) is 6.92 Å². The Balaban J connectivity index is 2.42. The number of benzene rings is 1. The number of H-pyrrole nitrogens is 1. The van der Waals surface area contributed by atoms with Gasteiger partial charge in [0.25, 0.3) is 5.56 Å². The second-order valence-corrected chi connectivity index (χ2v) is 6.01. The van der Waals surface area contributed by atoms with Crippen LogP contribution in [0.5, 0.6) is 0 Å². The lowest BCUT2D eigenvalue weighted by Crippen LogP contribution is -2.29. The highest BCUT2D eigenvalue weighted by molar-refractivity contribution is 6.39. The van der Waals surface area contributed by atoms with Crippen LogP contribution >= 0.6 is 23.2 Å². The molecule has 0 spiro atoms. The maximum Gasteiger partial charge on any atom is 0.268 e. The van der Waals surface area contributed by atoms with Crippen molar-refractivity contribution in [2.24, 2.45) is 5.73 Å². The molecule has 8 heteroatoms. The first-order valence-corrected chi connectivity index (χ1v) is 7.96. The fraction of sp³-hybridized carbons (Fsp3) is 0.267. The smallest absolute Gasteiger partial charge is 0.268 e. The number of fused-ring (bicyclic) bond motifs is 1. The summed E-state index contributed by atoms with van der Waals surface area (Å²) < 4.78 is 1.41. The third kappa shape index (κ3) is 2.73. The summed E-state index contributed by atoms with van der Waals surface area (Å²) in [5, 5.41) is 7.59. The Morgan fingerprint density at radius 1 is 1.30 bits per heavy atom. The molecule has 1 aromatic carbocycles. The zero-order valence-electron chi connectivity index (χ0n) is 12.4. The van der Waals surface area contributed by atoms with Gasteiger partial charge in [-0.25, -0.2) is 9.55 Å². The SMILES string of the molecule is CCC[C@H](N)c1nc2c(Cl)ccc(Cl)c2c(=O)n1-c1ccn[nH]1. The zero-order valence-corrected chi connectivity index (χ0v) is 13.9. The van der Waals surface area contributed by atoms with Gasteiger partial charge in [-0.1, -0.05) is 36.5 Å². The van der Waals surface area contributed by atoms with E-state index >= 15 is 0 Å². The lowest BCUT2D eigenvalue weighted by molar-refractivity contribution is 0.580. The van der Waals surface area contributed by atoms with Crippen LogP contribution in [0.25, 0.3) is 16.7 Å². The maximum atomic E-state index is 13.0. The van der Waals surface area contributed by atoms with Crippen molar-refractivity contribution in [3.05, 3.63) is 50.6 Å². The first kappa shape index (κ1) is 16.0. The Hall–Kier alpha value is -1.89. The van der Waals surface area contributed by atoms with Gasteiger partial charge in [0.2, 0.25) is 0 Å². The summed E-state index contributed by atoms with van der Waals surface area (Å²) in [7, 11) is 0. The van der Waals surface area contributed by atoms with Gasteiger partial charge in [0.05, 0.1) is 33.2 Å². The second-order valence-electron chi connectivity index (χ2n) is 5.20. The van der Waals surface area contributed by atoms with E-state index in [0.717, 1.165) is 6.42 Å². The minimum Gasteiger partial charge on any atom is -0.321 e. The average molecular weight is 352 g/mol. The van der Waals surface area contributed by atoms with Gasteiger partial charge in [0.1, 0.15) is 11.6 Å². The Labute approximate surface area is 142 Å². The lowest BCUT2D eigenvalue weighted by atomic mass is 10.1. The molecular weight excluding hydrogens is 337 g/mol. The molecule has 1 atom stereocenters. The number of hydrogen-bond donors (Lipinski definition) is 2. The summed E-state index contributed by atoms with van der Waals surface area (Å²) >= 11 is 12.4. The third-order valence-electron chi connectivity index (χ3n) is 3.61. The van der Waals surface area contributed by atoms with E-state index in [1.54, 1.807) is 24.4 Å². The highest BCUT2D eigenvalue weighted by Crippen LogP contribution is 2.28. The van der Waals surface area contributed by atoms with Crippen molar-refractivity contribution < 1.29 is 0 Å². The zero-order chi connectivity index (χ0) is 16.6. The van der Waals surface area contributed by atoms with Crippen molar-refractivity contribution in [1.29, 1.82) is 0 Å². The molecule has 0 bridgehead atoms. The van der Waals surface area contributed by atoms with Gasteiger partial charge >= 0.3 is 0 Å². The summed E-state index contributed by atoms with van der Waals surface area (Å²) in [4.78, 5) is 17.6. The van der Waals surface area contributed by atoms with E-state index in [-0.39, 0.29) is 10.9 Å². The molecule has 2 aromatic heterocycles. The minimum atomic E-state index is -0.407. The monoisotopic (exact) mass is 351 g/mol. The molecule has 0 amide bonds. The molecule has 0 saturated heterocycles. The first-order valence-electron chi connectivity index (χ1n) is 7.20. The Kier molecular flexibility index (Phi) is 4.39. The van der Waals surface area contributed by atoms with Gasteiger partial charge in [-0.15, -0.1) is 0 Å². The van der Waals surface area contributed by atoms with Crippen molar-refractivity contribution >= 4 is 34.1 Å². The predicted octanol–water partition coefficient (Wildman–Crippen LogP) is 3.22. The van der Waals surface area contributed by atoms with Gasteiger partial charge in [0.15, 0.2) is 0 Å². The molecule has 0 fully saturated rings. The van der Waals surface area contributed by atoms with Crippen LogP contribution in [0.2, 0.25) is 10.0 Å². The van der Waals surface area contributed by atoms with E-state index < -0.39 is 6.04 Å². The lowest BCUT2D eigenvalue weighted by Gasteiger charge is -2.17. The fourth-order valence-electron chi connectivity index (χ4n) is 2.53. The topological polar surface area (TPSA) is 89.6 Å². The number of rotatable bonds is 4. The Bertz CT molecular complexity index is 904. The van der Waals surface area contributed by atoms with Gasteiger partial charge in [-0.3, -0.25) is 9.89 Å². The number of nitrogens with zero attached hydrogens (tertiary/aromatic N) is 3. The number of nitrogens with one attached hydrogen (secondary N) is 1. The molecule has 3 N–H and O–H groups in total. The highest BCUT2D eigenvalue weighted by Gasteiger charge is 2.21. The Morgan fingerprint density at radius 3 is 2.70 bits per heavy atom. The normalized spacial score (nSPS) is 12.7. The molecule has 0 saturated carbocycles. The van der Waals surface area contributed by atoms with Crippen LogP contribution in [0.1, 0.15) is 31.6 Å². The van der Waals surface area contributed by atoms with Crippen LogP contribution in [-0.2, 0) is 0 Å². The van der Waals surface area contributed by atoms with Gasteiger partial charge in [-0.2, -0.15) is 5.10 Å². The summed E-state index contributed by atoms with van der Waals surface area (Å²) in [6, 6.07) is 4.47. The fourth-order valence-corrected chi connectivity index (χ4v) is 2.96. The van der Waals surface area contributed by atoms with Crippen molar-refractivity contribution in [1.82, 2.24) is 19.7 Å². The molecule has 2 heterocycles. The number of aromatic amines is 1. The first-order chi connectivity index (χ1) is 11.0. The number of halogens is 2. The van der Waals surface area contributed by atoms with Crippen LogP contribution in [0.4, 0.5) is 0 Å². The largest absolute Gasteiger partial charge is 0.321 e. The molecule has 3 aromatic rings. The van der Waals surface area contributed by atoms with Gasteiger partial charge in [-0.05, 0) is 18.6 Å². The molecule has 0 unspecified atom stereocenters. The molecule has 6 nitrogen and oxygen atoms in total.